The number of allylic oxidation sites excluding steroid dienone is 1. The minimum atomic E-state index is -0.312. The van der Waals surface area contributed by atoms with E-state index in [1.54, 1.807) is 0 Å². The lowest BCUT2D eigenvalue weighted by Crippen LogP contribution is -2.07. The molecule has 1 N–H and O–H groups in total. The summed E-state index contributed by atoms with van der Waals surface area (Å²) >= 11 is 0. The Morgan fingerprint density at radius 1 is 1.35 bits per heavy atom. The van der Waals surface area contributed by atoms with Crippen LogP contribution in [0.25, 0.3) is 16.5 Å². The fourth-order valence-electron chi connectivity index (χ4n) is 2.47. The highest BCUT2D eigenvalue weighted by Crippen LogP contribution is 2.32. The van der Waals surface area contributed by atoms with Crippen molar-refractivity contribution in [2.24, 2.45) is 0 Å². The number of aliphatic hydroxyl groups excluding tert-OH is 1. The van der Waals surface area contributed by atoms with E-state index in [-0.39, 0.29) is 6.10 Å². The van der Waals surface area contributed by atoms with Gasteiger partial charge in [-0.25, -0.2) is 0 Å². The van der Waals surface area contributed by atoms with E-state index in [0.717, 1.165) is 47.1 Å². The molecule has 1 unspecified atom stereocenters. The van der Waals surface area contributed by atoms with Crippen LogP contribution in [0, 0.1) is 6.92 Å². The third-order valence-electron chi connectivity index (χ3n) is 3.40. The standard InChI is InChI=1S/C15H16O2/c1-10-4-2-6-12-9-14(17-15(10)12)11-5-3-7-13(16)8-11/h2,4,6,8-9,13,16H,3,5,7H2,1H3. The second-order valence-corrected chi connectivity index (χ2v) is 4.76. The summed E-state index contributed by atoms with van der Waals surface area (Å²) in [5, 5.41) is 10.8. The molecule has 1 atom stereocenters. The molecule has 2 aromatic rings. The summed E-state index contributed by atoms with van der Waals surface area (Å²) in [5.74, 6) is 0.910. The second kappa shape index (κ2) is 4.04. The van der Waals surface area contributed by atoms with Gasteiger partial charge in [0.2, 0.25) is 0 Å². The van der Waals surface area contributed by atoms with Gasteiger partial charge >= 0.3 is 0 Å². The van der Waals surface area contributed by atoms with Gasteiger partial charge in [0.25, 0.3) is 0 Å². The molecule has 88 valence electrons. The molecule has 2 nitrogen and oxygen atoms in total. The maximum atomic E-state index is 9.65. The van der Waals surface area contributed by atoms with Crippen molar-refractivity contribution in [3.05, 3.63) is 41.7 Å². The van der Waals surface area contributed by atoms with Crippen molar-refractivity contribution in [1.82, 2.24) is 0 Å². The molecule has 0 saturated carbocycles. The molecule has 17 heavy (non-hydrogen) atoms. The van der Waals surface area contributed by atoms with Gasteiger partial charge in [-0.15, -0.1) is 0 Å². The lowest BCUT2D eigenvalue weighted by molar-refractivity contribution is 0.205. The number of fused-ring (bicyclic) bond motifs is 1. The van der Waals surface area contributed by atoms with Crippen LogP contribution in [0.15, 0.2) is 34.8 Å². The number of aliphatic hydroxyl groups is 1. The lowest BCUT2D eigenvalue weighted by atomic mass is 9.96. The van der Waals surface area contributed by atoms with Crippen molar-refractivity contribution >= 4 is 16.5 Å². The van der Waals surface area contributed by atoms with Crippen molar-refractivity contribution in [3.8, 4) is 0 Å². The summed E-state index contributed by atoms with van der Waals surface area (Å²) in [6.45, 7) is 2.06. The molecular formula is C15H16O2. The van der Waals surface area contributed by atoms with Crippen LogP contribution in [0.2, 0.25) is 0 Å². The van der Waals surface area contributed by atoms with Gasteiger partial charge in [-0.05, 0) is 49.5 Å². The molecule has 3 rings (SSSR count). The largest absolute Gasteiger partial charge is 0.456 e. The highest BCUT2D eigenvalue weighted by atomic mass is 16.3. The predicted octanol–water partition coefficient (Wildman–Crippen LogP) is 3.67. The fraction of sp³-hybridized carbons (Fsp3) is 0.333. The number of para-hydroxylation sites is 1. The quantitative estimate of drug-likeness (QED) is 0.807. The summed E-state index contributed by atoms with van der Waals surface area (Å²) in [5.41, 5.74) is 3.26. The van der Waals surface area contributed by atoms with Gasteiger partial charge in [0.1, 0.15) is 11.3 Å². The molecule has 1 aliphatic rings. The minimum absolute atomic E-state index is 0.312. The van der Waals surface area contributed by atoms with E-state index in [2.05, 4.69) is 25.1 Å². The zero-order valence-electron chi connectivity index (χ0n) is 9.94. The zero-order chi connectivity index (χ0) is 11.8. The first-order valence-electron chi connectivity index (χ1n) is 6.12. The molecule has 0 spiro atoms. The first-order chi connectivity index (χ1) is 8.24. The fourth-order valence-corrected chi connectivity index (χ4v) is 2.47. The SMILES string of the molecule is Cc1cccc2cc(C3=CC(O)CCC3)oc12. The van der Waals surface area contributed by atoms with E-state index in [4.69, 9.17) is 4.42 Å². The molecule has 1 aliphatic carbocycles. The predicted molar refractivity (Wildman–Crippen MR) is 68.8 cm³/mol. The molecule has 1 aromatic heterocycles. The number of furan rings is 1. The second-order valence-electron chi connectivity index (χ2n) is 4.76. The normalized spacial score (nSPS) is 20.6. The van der Waals surface area contributed by atoms with E-state index < -0.39 is 0 Å². The van der Waals surface area contributed by atoms with Gasteiger partial charge in [0.15, 0.2) is 0 Å². The smallest absolute Gasteiger partial charge is 0.137 e. The van der Waals surface area contributed by atoms with E-state index in [1.165, 1.54) is 0 Å². The Hall–Kier alpha value is -1.54. The van der Waals surface area contributed by atoms with Crippen LogP contribution in [0.1, 0.15) is 30.6 Å². The summed E-state index contributed by atoms with van der Waals surface area (Å²) in [6, 6.07) is 8.24. The average molecular weight is 228 g/mol. The Labute approximate surface area is 101 Å². The third kappa shape index (κ3) is 1.89. The topological polar surface area (TPSA) is 33.4 Å². The van der Waals surface area contributed by atoms with Crippen molar-refractivity contribution in [2.45, 2.75) is 32.3 Å². The summed E-state index contributed by atoms with van der Waals surface area (Å²) in [4.78, 5) is 0. The molecule has 0 fully saturated rings. The summed E-state index contributed by atoms with van der Waals surface area (Å²) in [7, 11) is 0. The van der Waals surface area contributed by atoms with E-state index >= 15 is 0 Å². The number of hydrogen-bond acceptors (Lipinski definition) is 2. The number of aryl methyl sites for hydroxylation is 1. The molecule has 0 amide bonds. The maximum Gasteiger partial charge on any atom is 0.137 e. The van der Waals surface area contributed by atoms with Gasteiger partial charge in [0, 0.05) is 5.39 Å². The van der Waals surface area contributed by atoms with Crippen LogP contribution in [0.3, 0.4) is 0 Å². The molecule has 1 heterocycles. The van der Waals surface area contributed by atoms with Crippen LogP contribution in [0.4, 0.5) is 0 Å². The number of rotatable bonds is 1. The Balaban J connectivity index is 2.09. The van der Waals surface area contributed by atoms with Crippen molar-refractivity contribution in [1.29, 1.82) is 0 Å². The molecule has 0 aliphatic heterocycles. The van der Waals surface area contributed by atoms with E-state index in [0.29, 0.717) is 0 Å². The first-order valence-corrected chi connectivity index (χ1v) is 6.12. The van der Waals surface area contributed by atoms with Gasteiger partial charge in [-0.2, -0.15) is 0 Å². The number of benzene rings is 1. The van der Waals surface area contributed by atoms with Gasteiger partial charge in [0.05, 0.1) is 6.10 Å². The molecule has 0 radical (unpaired) electrons. The van der Waals surface area contributed by atoms with Crippen molar-refractivity contribution in [3.63, 3.8) is 0 Å². The van der Waals surface area contributed by atoms with E-state index in [9.17, 15) is 5.11 Å². The molecular weight excluding hydrogens is 212 g/mol. The monoisotopic (exact) mass is 228 g/mol. The first kappa shape index (κ1) is 10.6. The average Bonchev–Trinajstić information content (AvgIpc) is 2.74. The highest BCUT2D eigenvalue weighted by Gasteiger charge is 2.15. The van der Waals surface area contributed by atoms with Crippen molar-refractivity contribution < 1.29 is 9.52 Å². The molecule has 2 heteroatoms. The van der Waals surface area contributed by atoms with Crippen LogP contribution >= 0.6 is 0 Å². The van der Waals surface area contributed by atoms with Gasteiger partial charge < -0.3 is 9.52 Å². The molecule has 0 saturated heterocycles. The summed E-state index contributed by atoms with van der Waals surface area (Å²) in [6.07, 6.45) is 4.51. The third-order valence-corrected chi connectivity index (χ3v) is 3.40. The number of hydrogen-bond donors (Lipinski definition) is 1. The van der Waals surface area contributed by atoms with Crippen LogP contribution in [0.5, 0.6) is 0 Å². The van der Waals surface area contributed by atoms with Crippen LogP contribution < -0.4 is 0 Å². The zero-order valence-corrected chi connectivity index (χ0v) is 9.94. The van der Waals surface area contributed by atoms with E-state index in [1.807, 2.05) is 12.1 Å². The highest BCUT2D eigenvalue weighted by molar-refractivity contribution is 5.84. The maximum absolute atomic E-state index is 9.65. The Morgan fingerprint density at radius 2 is 2.24 bits per heavy atom. The van der Waals surface area contributed by atoms with Gasteiger partial charge in [-0.3, -0.25) is 0 Å². The minimum Gasteiger partial charge on any atom is -0.456 e. The molecule has 1 aromatic carbocycles. The van der Waals surface area contributed by atoms with Crippen molar-refractivity contribution in [2.75, 3.05) is 0 Å². The Morgan fingerprint density at radius 3 is 3.00 bits per heavy atom. The summed E-state index contributed by atoms with van der Waals surface area (Å²) < 4.78 is 5.91. The van der Waals surface area contributed by atoms with Crippen LogP contribution in [-0.4, -0.2) is 11.2 Å². The molecule has 0 bridgehead atoms. The Bertz CT molecular complexity index is 578. The van der Waals surface area contributed by atoms with Gasteiger partial charge in [-0.1, -0.05) is 18.2 Å². The lowest BCUT2D eigenvalue weighted by Gasteiger charge is -2.14. The Kier molecular flexibility index (Phi) is 2.52. The van der Waals surface area contributed by atoms with Crippen LogP contribution in [-0.2, 0) is 0 Å².